The average Bonchev–Trinajstić information content (AvgIpc) is 2.30. The maximum Gasteiger partial charge on any atom is 0.459 e. The van der Waals surface area contributed by atoms with Crippen LogP contribution >= 0.6 is 15.9 Å². The normalized spacial score (nSPS) is 13.4. The van der Waals surface area contributed by atoms with Crippen molar-refractivity contribution in [2.24, 2.45) is 0 Å². The van der Waals surface area contributed by atoms with Crippen LogP contribution in [0.4, 0.5) is 36.4 Å². The van der Waals surface area contributed by atoms with Crippen LogP contribution in [0.15, 0.2) is 22.7 Å². The summed E-state index contributed by atoms with van der Waals surface area (Å²) in [5.74, 6) is -11.3. The largest absolute Gasteiger partial charge is 0.459 e. The Labute approximate surface area is 124 Å². The molecular formula is C12H11BrF7N. The van der Waals surface area contributed by atoms with Gasteiger partial charge in [-0.2, -0.15) is 30.7 Å². The van der Waals surface area contributed by atoms with Gasteiger partial charge in [-0.15, -0.1) is 0 Å². The van der Waals surface area contributed by atoms with Gasteiger partial charge in [0.2, 0.25) is 0 Å². The van der Waals surface area contributed by atoms with Gasteiger partial charge in [-0.1, -0.05) is 15.9 Å². The maximum atomic E-state index is 13.3. The first-order valence-corrected chi connectivity index (χ1v) is 6.38. The van der Waals surface area contributed by atoms with Crippen molar-refractivity contribution >= 4 is 21.6 Å². The molecule has 0 unspecified atom stereocenters. The number of aryl methyl sites for hydroxylation is 1. The Morgan fingerprint density at radius 2 is 1.57 bits per heavy atom. The lowest BCUT2D eigenvalue weighted by molar-refractivity contribution is -0.351. The molecule has 1 nitrogen and oxygen atoms in total. The number of anilines is 1. The minimum atomic E-state index is -6.31. The van der Waals surface area contributed by atoms with Crippen LogP contribution in [0.2, 0.25) is 0 Å². The first-order valence-electron chi connectivity index (χ1n) is 5.59. The summed E-state index contributed by atoms with van der Waals surface area (Å²) in [6, 6.07) is 4.21. The summed E-state index contributed by atoms with van der Waals surface area (Å²) in [5, 5.41) is 0. The van der Waals surface area contributed by atoms with Crippen molar-refractivity contribution in [3.63, 3.8) is 0 Å². The van der Waals surface area contributed by atoms with E-state index in [0.717, 1.165) is 7.05 Å². The van der Waals surface area contributed by atoms with Crippen LogP contribution in [-0.4, -0.2) is 31.6 Å². The molecule has 0 atom stereocenters. The molecule has 0 radical (unpaired) electrons. The van der Waals surface area contributed by atoms with Crippen LogP contribution < -0.4 is 4.90 Å². The van der Waals surface area contributed by atoms with E-state index in [1.807, 2.05) is 0 Å². The fourth-order valence-corrected chi connectivity index (χ4v) is 1.81. The number of benzene rings is 1. The molecule has 0 aliphatic heterocycles. The third kappa shape index (κ3) is 3.61. The predicted molar refractivity (Wildman–Crippen MR) is 68.1 cm³/mol. The molecule has 0 spiro atoms. The third-order valence-corrected chi connectivity index (χ3v) is 3.72. The van der Waals surface area contributed by atoms with E-state index in [4.69, 9.17) is 0 Å². The predicted octanol–water partition coefficient (Wildman–Crippen LogP) is 5.03. The summed E-state index contributed by atoms with van der Waals surface area (Å²) in [5.41, 5.74) is 0.735. The minimum Gasteiger partial charge on any atom is -0.368 e. The molecule has 0 saturated carbocycles. The Hall–Kier alpha value is -0.990. The zero-order valence-electron chi connectivity index (χ0n) is 10.9. The van der Waals surface area contributed by atoms with Crippen LogP contribution in [0.1, 0.15) is 5.56 Å². The van der Waals surface area contributed by atoms with E-state index in [9.17, 15) is 30.7 Å². The number of rotatable bonds is 4. The molecule has 0 N–H and O–H groups in total. The van der Waals surface area contributed by atoms with E-state index in [1.165, 1.54) is 18.2 Å². The Balaban J connectivity index is 3.00. The van der Waals surface area contributed by atoms with Crippen molar-refractivity contribution in [3.05, 3.63) is 28.2 Å². The van der Waals surface area contributed by atoms with Gasteiger partial charge >= 0.3 is 18.0 Å². The van der Waals surface area contributed by atoms with Gasteiger partial charge in [0.1, 0.15) is 0 Å². The highest BCUT2D eigenvalue weighted by atomic mass is 79.9. The summed E-state index contributed by atoms with van der Waals surface area (Å²) < 4.78 is 89.0. The van der Waals surface area contributed by atoms with Gasteiger partial charge < -0.3 is 4.90 Å². The summed E-state index contributed by atoms with van der Waals surface area (Å²) in [4.78, 5) is 0.652. The van der Waals surface area contributed by atoms with E-state index in [1.54, 1.807) is 6.92 Å². The molecule has 0 fully saturated rings. The molecule has 0 saturated heterocycles. The highest BCUT2D eigenvalue weighted by molar-refractivity contribution is 9.10. The first kappa shape index (κ1) is 18.1. The van der Waals surface area contributed by atoms with Crippen LogP contribution in [0, 0.1) is 6.92 Å². The molecule has 1 aromatic carbocycles. The molecule has 9 heteroatoms. The molecule has 0 bridgehead atoms. The number of alkyl halides is 7. The number of hydrogen-bond acceptors (Lipinski definition) is 1. The molecule has 1 rings (SSSR count). The van der Waals surface area contributed by atoms with Crippen molar-refractivity contribution in [1.29, 1.82) is 0 Å². The van der Waals surface area contributed by atoms with E-state index in [2.05, 4.69) is 15.9 Å². The SMILES string of the molecule is Cc1cc(N(C)CC(F)(F)C(F)(F)C(F)(F)F)ccc1Br. The quantitative estimate of drug-likeness (QED) is 0.661. The lowest BCUT2D eigenvalue weighted by Crippen LogP contribution is -2.56. The zero-order valence-corrected chi connectivity index (χ0v) is 12.5. The van der Waals surface area contributed by atoms with Gasteiger partial charge in [0.05, 0.1) is 6.54 Å². The molecular weight excluding hydrogens is 371 g/mol. The molecule has 0 heterocycles. The second-order valence-corrected chi connectivity index (χ2v) is 5.42. The Morgan fingerprint density at radius 3 is 2.00 bits per heavy atom. The van der Waals surface area contributed by atoms with Gasteiger partial charge in [-0.25, -0.2) is 0 Å². The van der Waals surface area contributed by atoms with Crippen LogP contribution in [0.5, 0.6) is 0 Å². The van der Waals surface area contributed by atoms with Gasteiger partial charge in [0.15, 0.2) is 0 Å². The summed E-state index contributed by atoms with van der Waals surface area (Å²) in [6.07, 6.45) is -6.31. The van der Waals surface area contributed by atoms with E-state index >= 15 is 0 Å². The summed E-state index contributed by atoms with van der Waals surface area (Å²) >= 11 is 3.16. The van der Waals surface area contributed by atoms with Crippen LogP contribution in [-0.2, 0) is 0 Å². The topological polar surface area (TPSA) is 3.24 Å². The molecule has 21 heavy (non-hydrogen) atoms. The van der Waals surface area contributed by atoms with E-state index in [-0.39, 0.29) is 5.69 Å². The lowest BCUT2D eigenvalue weighted by atomic mass is 10.1. The molecule has 0 aromatic heterocycles. The minimum absolute atomic E-state index is 0.105. The second kappa shape index (κ2) is 5.66. The Kier molecular flexibility index (Phi) is 4.87. The van der Waals surface area contributed by atoms with Gasteiger partial charge in [-0.3, -0.25) is 0 Å². The second-order valence-electron chi connectivity index (χ2n) is 4.57. The monoisotopic (exact) mass is 381 g/mol. The van der Waals surface area contributed by atoms with Crippen LogP contribution in [0.3, 0.4) is 0 Å². The Morgan fingerprint density at radius 1 is 1.05 bits per heavy atom. The molecule has 1 aromatic rings. The number of halogens is 8. The van der Waals surface area contributed by atoms with E-state index in [0.29, 0.717) is 14.9 Å². The number of hydrogen-bond donors (Lipinski definition) is 0. The maximum absolute atomic E-state index is 13.3. The van der Waals surface area contributed by atoms with Crippen molar-refractivity contribution in [2.75, 3.05) is 18.5 Å². The lowest BCUT2D eigenvalue weighted by Gasteiger charge is -2.32. The van der Waals surface area contributed by atoms with Crippen molar-refractivity contribution in [1.82, 2.24) is 0 Å². The first-order chi connectivity index (χ1) is 9.29. The average molecular weight is 382 g/mol. The summed E-state index contributed by atoms with van der Waals surface area (Å²) in [6.45, 7) is -0.134. The fraction of sp³-hybridized carbons (Fsp3) is 0.500. The fourth-order valence-electron chi connectivity index (χ4n) is 1.56. The molecule has 0 amide bonds. The smallest absolute Gasteiger partial charge is 0.368 e. The number of nitrogens with zero attached hydrogens (tertiary/aromatic N) is 1. The molecule has 120 valence electrons. The van der Waals surface area contributed by atoms with Crippen molar-refractivity contribution in [3.8, 4) is 0 Å². The summed E-state index contributed by atoms with van der Waals surface area (Å²) in [7, 11) is 1.02. The van der Waals surface area contributed by atoms with Gasteiger partial charge in [-0.05, 0) is 30.7 Å². The zero-order chi connectivity index (χ0) is 16.6. The van der Waals surface area contributed by atoms with Crippen LogP contribution in [0.25, 0.3) is 0 Å². The van der Waals surface area contributed by atoms with Gasteiger partial charge in [0, 0.05) is 17.2 Å². The van der Waals surface area contributed by atoms with Crippen molar-refractivity contribution in [2.45, 2.75) is 24.9 Å². The standard InChI is InChI=1S/C12H11BrF7N/c1-7-5-8(3-4-9(7)13)21(2)6-10(14,15)11(16,17)12(18,19)20/h3-5H,6H2,1-2H3. The van der Waals surface area contributed by atoms with Crippen molar-refractivity contribution < 1.29 is 30.7 Å². The molecule has 0 aliphatic carbocycles. The van der Waals surface area contributed by atoms with Gasteiger partial charge in [0.25, 0.3) is 0 Å². The third-order valence-electron chi connectivity index (χ3n) is 2.83. The highest BCUT2D eigenvalue weighted by Crippen LogP contribution is 2.46. The van der Waals surface area contributed by atoms with E-state index < -0.39 is 24.6 Å². The Bertz CT molecular complexity index is 513. The molecule has 0 aliphatic rings. The highest BCUT2D eigenvalue weighted by Gasteiger charge is 2.73.